The van der Waals surface area contributed by atoms with E-state index < -0.39 is 6.04 Å². The number of hydrogen-bond acceptors (Lipinski definition) is 6. The van der Waals surface area contributed by atoms with Gasteiger partial charge in [0, 0.05) is 26.7 Å². The second-order valence-corrected chi connectivity index (χ2v) is 10.2. The summed E-state index contributed by atoms with van der Waals surface area (Å²) in [7, 11) is 1.83. The Morgan fingerprint density at radius 1 is 1.05 bits per heavy atom. The van der Waals surface area contributed by atoms with Gasteiger partial charge in [-0.1, -0.05) is 41.6 Å². The highest BCUT2D eigenvalue weighted by Crippen LogP contribution is 2.27. The molecule has 3 heterocycles. The summed E-state index contributed by atoms with van der Waals surface area (Å²) >= 11 is 0. The molecule has 0 spiro atoms. The fourth-order valence-electron chi connectivity index (χ4n) is 5.29. The minimum absolute atomic E-state index is 0.0486. The minimum Gasteiger partial charge on any atom is -0.376 e. The zero-order chi connectivity index (χ0) is 28.3. The molecule has 1 aliphatic heterocycles. The van der Waals surface area contributed by atoms with Crippen LogP contribution in [0.5, 0.6) is 0 Å². The van der Waals surface area contributed by atoms with Crippen molar-refractivity contribution in [2.75, 3.05) is 13.2 Å². The SMILES string of the molecule is Cn1c(C(C(=O)NCC2CCCO2)N(Cc2ccc(F)cc2)C(=O)Cn2nnc3ccccc32)nc2ccccc21. The number of amides is 2. The molecule has 41 heavy (non-hydrogen) atoms. The molecule has 2 aromatic heterocycles. The molecule has 0 saturated carbocycles. The van der Waals surface area contributed by atoms with Gasteiger partial charge in [-0.05, 0) is 54.8 Å². The van der Waals surface area contributed by atoms with Crippen LogP contribution in [0.15, 0.2) is 72.8 Å². The molecule has 5 aromatic rings. The van der Waals surface area contributed by atoms with Crippen LogP contribution in [0.2, 0.25) is 0 Å². The molecule has 1 N–H and O–H groups in total. The van der Waals surface area contributed by atoms with Gasteiger partial charge in [-0.3, -0.25) is 9.59 Å². The molecule has 1 saturated heterocycles. The molecule has 2 unspecified atom stereocenters. The van der Waals surface area contributed by atoms with Gasteiger partial charge in [-0.2, -0.15) is 0 Å². The smallest absolute Gasteiger partial charge is 0.250 e. The van der Waals surface area contributed by atoms with Gasteiger partial charge in [-0.25, -0.2) is 14.1 Å². The summed E-state index contributed by atoms with van der Waals surface area (Å²) in [4.78, 5) is 34.5. The van der Waals surface area contributed by atoms with E-state index in [4.69, 9.17) is 9.72 Å². The summed E-state index contributed by atoms with van der Waals surface area (Å²) in [6.45, 7) is 0.884. The predicted molar refractivity (Wildman–Crippen MR) is 150 cm³/mol. The number of benzene rings is 3. The van der Waals surface area contributed by atoms with Crippen molar-refractivity contribution in [3.05, 3.63) is 90.0 Å². The Morgan fingerprint density at radius 3 is 2.51 bits per heavy atom. The third-order valence-corrected chi connectivity index (χ3v) is 7.45. The number of ether oxygens (including phenoxy) is 1. The van der Waals surface area contributed by atoms with Crippen molar-refractivity contribution in [2.45, 2.75) is 38.1 Å². The number of aryl methyl sites for hydroxylation is 1. The Kier molecular flexibility index (Phi) is 7.43. The van der Waals surface area contributed by atoms with E-state index in [1.165, 1.54) is 21.7 Å². The first-order valence-corrected chi connectivity index (χ1v) is 13.6. The van der Waals surface area contributed by atoms with Crippen molar-refractivity contribution >= 4 is 33.9 Å². The van der Waals surface area contributed by atoms with Gasteiger partial charge in [0.25, 0.3) is 5.91 Å². The fourth-order valence-corrected chi connectivity index (χ4v) is 5.29. The van der Waals surface area contributed by atoms with Gasteiger partial charge in [0.05, 0.1) is 22.7 Å². The molecule has 3 aromatic carbocycles. The van der Waals surface area contributed by atoms with Gasteiger partial charge in [-0.15, -0.1) is 5.10 Å². The lowest BCUT2D eigenvalue weighted by molar-refractivity contribution is -0.142. The number of halogens is 1. The Morgan fingerprint density at radius 2 is 1.78 bits per heavy atom. The highest BCUT2D eigenvalue weighted by Gasteiger charge is 2.36. The Bertz CT molecular complexity index is 1690. The van der Waals surface area contributed by atoms with Crippen LogP contribution < -0.4 is 5.32 Å². The molecule has 2 atom stereocenters. The largest absolute Gasteiger partial charge is 0.376 e. The molecule has 1 aliphatic rings. The van der Waals surface area contributed by atoms with E-state index in [1.807, 2.05) is 60.1 Å². The number of nitrogens with zero attached hydrogens (tertiary/aromatic N) is 6. The lowest BCUT2D eigenvalue weighted by atomic mass is 10.1. The van der Waals surface area contributed by atoms with Gasteiger partial charge < -0.3 is 19.5 Å². The number of carbonyl (C=O) groups excluding carboxylic acids is 2. The Hall–Kier alpha value is -4.64. The molecule has 0 bridgehead atoms. The number of imidazole rings is 1. The Balaban J connectivity index is 1.41. The maximum Gasteiger partial charge on any atom is 0.250 e. The van der Waals surface area contributed by atoms with Crippen molar-refractivity contribution in [2.24, 2.45) is 7.05 Å². The molecule has 0 radical (unpaired) electrons. The van der Waals surface area contributed by atoms with Crippen molar-refractivity contribution in [3.63, 3.8) is 0 Å². The van der Waals surface area contributed by atoms with Gasteiger partial charge in [0.2, 0.25) is 5.91 Å². The predicted octanol–water partition coefficient (Wildman–Crippen LogP) is 3.52. The third kappa shape index (κ3) is 5.53. The number of rotatable bonds is 9. The zero-order valence-electron chi connectivity index (χ0n) is 22.6. The number of fused-ring (bicyclic) bond motifs is 2. The average molecular weight is 556 g/mol. The maximum atomic E-state index is 14.2. The van der Waals surface area contributed by atoms with Crippen LogP contribution in [0.1, 0.15) is 30.3 Å². The average Bonchev–Trinajstić information content (AvgIpc) is 3.73. The van der Waals surface area contributed by atoms with E-state index in [1.54, 1.807) is 12.1 Å². The van der Waals surface area contributed by atoms with Crippen LogP contribution in [-0.4, -0.2) is 60.5 Å². The highest BCUT2D eigenvalue weighted by molar-refractivity contribution is 5.90. The van der Waals surface area contributed by atoms with Crippen LogP contribution in [0.4, 0.5) is 4.39 Å². The molecule has 10 nitrogen and oxygen atoms in total. The van der Waals surface area contributed by atoms with Crippen molar-refractivity contribution < 1.29 is 18.7 Å². The summed E-state index contributed by atoms with van der Waals surface area (Å²) in [6, 6.07) is 19.7. The van der Waals surface area contributed by atoms with Crippen molar-refractivity contribution in [1.82, 2.24) is 34.8 Å². The summed E-state index contributed by atoms with van der Waals surface area (Å²) < 4.78 is 22.8. The van der Waals surface area contributed by atoms with E-state index in [2.05, 4.69) is 15.6 Å². The van der Waals surface area contributed by atoms with Crippen LogP contribution in [0.3, 0.4) is 0 Å². The minimum atomic E-state index is -1.08. The van der Waals surface area contributed by atoms with Crippen LogP contribution in [0.25, 0.3) is 22.1 Å². The number of nitrogens with one attached hydrogen (secondary N) is 1. The molecule has 0 aliphatic carbocycles. The normalized spacial score (nSPS) is 15.8. The van der Waals surface area contributed by atoms with E-state index >= 15 is 0 Å². The van der Waals surface area contributed by atoms with Crippen LogP contribution in [0, 0.1) is 5.82 Å². The van der Waals surface area contributed by atoms with E-state index in [0.29, 0.717) is 41.1 Å². The number of para-hydroxylation sites is 3. The fraction of sp³-hybridized carbons (Fsp3) is 0.300. The summed E-state index contributed by atoms with van der Waals surface area (Å²) in [5.74, 6) is -0.719. The molecule has 1 fully saturated rings. The summed E-state index contributed by atoms with van der Waals surface area (Å²) in [5, 5.41) is 11.4. The summed E-state index contributed by atoms with van der Waals surface area (Å²) in [5.41, 5.74) is 3.56. The molecule has 2 amide bonds. The van der Waals surface area contributed by atoms with Crippen molar-refractivity contribution in [3.8, 4) is 0 Å². The molecular formula is C30H30FN7O3. The second-order valence-electron chi connectivity index (χ2n) is 10.2. The monoisotopic (exact) mass is 555 g/mol. The highest BCUT2D eigenvalue weighted by atomic mass is 19.1. The van der Waals surface area contributed by atoms with Crippen molar-refractivity contribution in [1.29, 1.82) is 0 Å². The summed E-state index contributed by atoms with van der Waals surface area (Å²) in [6.07, 6.45) is 1.72. The first-order chi connectivity index (χ1) is 20.0. The van der Waals surface area contributed by atoms with Crippen LogP contribution >= 0.6 is 0 Å². The zero-order valence-corrected chi connectivity index (χ0v) is 22.6. The lowest BCUT2D eigenvalue weighted by Crippen LogP contribution is -2.47. The molecule has 11 heteroatoms. The number of aromatic nitrogens is 5. The van der Waals surface area contributed by atoms with Crippen LogP contribution in [-0.2, 0) is 34.5 Å². The molecule has 210 valence electrons. The van der Waals surface area contributed by atoms with E-state index in [-0.39, 0.29) is 36.8 Å². The Labute approximate surface area is 235 Å². The molecule has 6 rings (SSSR count). The van der Waals surface area contributed by atoms with Gasteiger partial charge in [0.15, 0.2) is 6.04 Å². The first-order valence-electron chi connectivity index (χ1n) is 13.6. The third-order valence-electron chi connectivity index (χ3n) is 7.45. The quantitative estimate of drug-likeness (QED) is 0.298. The van der Waals surface area contributed by atoms with Gasteiger partial charge >= 0.3 is 0 Å². The first kappa shape index (κ1) is 26.6. The lowest BCUT2D eigenvalue weighted by Gasteiger charge is -2.31. The molecular weight excluding hydrogens is 525 g/mol. The maximum absolute atomic E-state index is 14.2. The number of hydrogen-bond donors (Lipinski definition) is 1. The van der Waals surface area contributed by atoms with E-state index in [0.717, 1.165) is 18.4 Å². The number of carbonyl (C=O) groups is 2. The topological polar surface area (TPSA) is 107 Å². The second kappa shape index (κ2) is 11.5. The standard InChI is InChI=1S/C30H30FN7O3/c1-36-25-10-4-2-8-23(25)33-29(36)28(30(40)32-17-22-7-6-16-41-22)37(18-20-12-14-21(31)15-13-20)27(39)19-38-26-11-5-3-9-24(26)34-35-38/h2-5,8-15,22,28H,6-7,16-19H2,1H3,(H,32,40). The van der Waals surface area contributed by atoms with E-state index in [9.17, 15) is 14.0 Å². The van der Waals surface area contributed by atoms with Gasteiger partial charge in [0.1, 0.15) is 23.7 Å².